The molecule has 4 saturated carbocycles. The topological polar surface area (TPSA) is 29.5 Å². The van der Waals surface area contributed by atoms with E-state index in [9.17, 15) is 4.79 Å². The van der Waals surface area contributed by atoms with E-state index in [-0.39, 0.29) is 17.6 Å². The van der Waals surface area contributed by atoms with Crippen LogP contribution in [-0.2, 0) is 9.53 Å². The molecule has 0 aromatic rings. The van der Waals surface area contributed by atoms with E-state index >= 15 is 0 Å². The molecular weight excluding hydrogens is 346 g/mol. The first-order valence-corrected chi connectivity index (χ1v) is 12.8. The van der Waals surface area contributed by atoms with Gasteiger partial charge in [0.15, 0.2) is 0 Å². The summed E-state index contributed by atoms with van der Waals surface area (Å²) >= 11 is 0. The lowest BCUT2D eigenvalue weighted by molar-refractivity contribution is -0.172. The summed E-state index contributed by atoms with van der Waals surface area (Å²) in [4.78, 5) is 16.7. The number of ether oxygens (including phenoxy) is 1. The van der Waals surface area contributed by atoms with E-state index in [2.05, 4.69) is 4.90 Å². The molecule has 4 atom stereocenters. The molecule has 1 saturated heterocycles. The molecule has 3 heteroatoms. The van der Waals surface area contributed by atoms with Crippen LogP contribution >= 0.6 is 0 Å². The van der Waals surface area contributed by atoms with Crippen molar-refractivity contribution >= 4 is 5.97 Å². The van der Waals surface area contributed by atoms with Crippen LogP contribution < -0.4 is 0 Å². The molecule has 0 aromatic carbocycles. The highest BCUT2D eigenvalue weighted by Gasteiger charge is 2.59. The van der Waals surface area contributed by atoms with E-state index in [1.807, 2.05) is 0 Å². The van der Waals surface area contributed by atoms with Gasteiger partial charge < -0.3 is 4.74 Å². The van der Waals surface area contributed by atoms with Gasteiger partial charge in [-0.3, -0.25) is 9.69 Å². The summed E-state index contributed by atoms with van der Waals surface area (Å²) in [5.41, 5.74) is -0.285. The molecule has 28 heavy (non-hydrogen) atoms. The molecular formula is C25H41NO2. The Balaban J connectivity index is 1.45. The highest BCUT2D eigenvalue weighted by molar-refractivity contribution is 5.81. The van der Waals surface area contributed by atoms with E-state index in [0.29, 0.717) is 12.1 Å². The number of hydrogen-bond acceptors (Lipinski definition) is 3. The zero-order valence-electron chi connectivity index (χ0n) is 17.9. The molecule has 5 rings (SSSR count). The Labute approximate surface area is 172 Å². The third-order valence-corrected chi connectivity index (χ3v) is 9.21. The lowest BCUT2D eigenvalue weighted by atomic mass is 9.73. The summed E-state index contributed by atoms with van der Waals surface area (Å²) in [7, 11) is 0. The summed E-state index contributed by atoms with van der Waals surface area (Å²) in [6.07, 6.45) is 23.1. The fourth-order valence-electron chi connectivity index (χ4n) is 8.00. The van der Waals surface area contributed by atoms with Crippen LogP contribution in [-0.4, -0.2) is 34.6 Å². The van der Waals surface area contributed by atoms with E-state index in [4.69, 9.17) is 4.74 Å². The molecule has 5 fully saturated rings. The van der Waals surface area contributed by atoms with Crippen molar-refractivity contribution in [3.8, 4) is 0 Å². The minimum Gasteiger partial charge on any atom is -0.461 e. The summed E-state index contributed by atoms with van der Waals surface area (Å²) in [5.74, 6) is 1.91. The monoisotopic (exact) mass is 387 g/mol. The van der Waals surface area contributed by atoms with Crippen LogP contribution in [0.4, 0.5) is 0 Å². The van der Waals surface area contributed by atoms with Gasteiger partial charge in [-0.2, -0.15) is 0 Å². The number of hydrogen-bond donors (Lipinski definition) is 0. The molecule has 5 aliphatic rings. The molecule has 0 bridgehead atoms. The molecule has 0 amide bonds. The molecule has 1 heterocycles. The second-order valence-corrected chi connectivity index (χ2v) is 10.7. The molecule has 1 aliphatic heterocycles. The van der Waals surface area contributed by atoms with E-state index in [0.717, 1.165) is 37.5 Å². The van der Waals surface area contributed by atoms with E-state index < -0.39 is 0 Å². The fraction of sp³-hybridized carbons (Fsp3) is 0.960. The number of nitrogens with zero attached hydrogens (tertiary/aromatic N) is 1. The van der Waals surface area contributed by atoms with Gasteiger partial charge in [0.1, 0.15) is 11.6 Å². The zero-order valence-corrected chi connectivity index (χ0v) is 17.9. The molecule has 0 aromatic heterocycles. The van der Waals surface area contributed by atoms with Gasteiger partial charge in [0.25, 0.3) is 0 Å². The fourth-order valence-corrected chi connectivity index (χ4v) is 8.00. The van der Waals surface area contributed by atoms with Gasteiger partial charge in [-0.15, -0.1) is 0 Å². The Morgan fingerprint density at radius 3 is 1.75 bits per heavy atom. The van der Waals surface area contributed by atoms with Gasteiger partial charge in [0, 0.05) is 12.1 Å². The highest BCUT2D eigenvalue weighted by Crippen LogP contribution is 2.54. The van der Waals surface area contributed by atoms with Crippen molar-refractivity contribution in [3.05, 3.63) is 0 Å². The van der Waals surface area contributed by atoms with Crippen molar-refractivity contribution in [2.45, 2.75) is 139 Å². The van der Waals surface area contributed by atoms with E-state index in [1.165, 1.54) is 89.9 Å². The number of esters is 1. The van der Waals surface area contributed by atoms with Gasteiger partial charge in [-0.25, -0.2) is 0 Å². The van der Waals surface area contributed by atoms with Crippen LogP contribution in [0, 0.1) is 11.8 Å². The summed E-state index contributed by atoms with van der Waals surface area (Å²) < 4.78 is 6.33. The predicted octanol–water partition coefficient (Wildman–Crippen LogP) is 6.00. The Morgan fingerprint density at radius 2 is 1.14 bits per heavy atom. The maximum atomic E-state index is 13.9. The van der Waals surface area contributed by atoms with Crippen molar-refractivity contribution in [2.75, 3.05) is 0 Å². The average molecular weight is 388 g/mol. The lowest BCUT2D eigenvalue weighted by Crippen LogP contribution is -2.62. The van der Waals surface area contributed by atoms with Crippen LogP contribution in [0.5, 0.6) is 0 Å². The standard InChI is InChI=1S/C25H41NO2/c27-24(28-19-11-3-1-4-12-19)25(17-9-2-10-18-25)26-22-15-7-5-13-20(22)21-14-6-8-16-23(21)26/h19-23H,1-18H2. The number of fused-ring (bicyclic) bond motifs is 3. The summed E-state index contributed by atoms with van der Waals surface area (Å²) in [6.45, 7) is 0. The van der Waals surface area contributed by atoms with Crippen LogP contribution in [0.25, 0.3) is 0 Å². The maximum Gasteiger partial charge on any atom is 0.326 e. The van der Waals surface area contributed by atoms with E-state index in [1.54, 1.807) is 0 Å². The first-order valence-electron chi connectivity index (χ1n) is 12.8. The Bertz CT molecular complexity index is 527. The first-order chi connectivity index (χ1) is 13.8. The molecule has 4 aliphatic carbocycles. The van der Waals surface area contributed by atoms with Gasteiger partial charge in [0.05, 0.1) is 0 Å². The Morgan fingerprint density at radius 1 is 0.643 bits per heavy atom. The normalized spacial score (nSPS) is 39.1. The quantitative estimate of drug-likeness (QED) is 0.556. The second-order valence-electron chi connectivity index (χ2n) is 10.7. The number of rotatable bonds is 3. The Kier molecular flexibility index (Phi) is 5.74. The minimum atomic E-state index is -0.285. The van der Waals surface area contributed by atoms with Crippen molar-refractivity contribution in [1.29, 1.82) is 0 Å². The maximum absolute atomic E-state index is 13.9. The minimum absolute atomic E-state index is 0.189. The smallest absolute Gasteiger partial charge is 0.326 e. The summed E-state index contributed by atoms with van der Waals surface area (Å²) in [6, 6.07) is 1.33. The lowest BCUT2D eigenvalue weighted by Gasteiger charge is -2.50. The third kappa shape index (κ3) is 3.34. The first kappa shape index (κ1) is 19.4. The highest BCUT2D eigenvalue weighted by atomic mass is 16.5. The largest absolute Gasteiger partial charge is 0.461 e. The molecule has 4 unspecified atom stereocenters. The van der Waals surface area contributed by atoms with Crippen molar-refractivity contribution in [2.24, 2.45) is 11.8 Å². The molecule has 0 N–H and O–H groups in total. The van der Waals surface area contributed by atoms with Crippen LogP contribution in [0.15, 0.2) is 0 Å². The van der Waals surface area contributed by atoms with Crippen LogP contribution in [0.1, 0.15) is 116 Å². The van der Waals surface area contributed by atoms with Crippen molar-refractivity contribution in [3.63, 3.8) is 0 Å². The van der Waals surface area contributed by atoms with Crippen LogP contribution in [0.3, 0.4) is 0 Å². The molecule has 0 spiro atoms. The average Bonchev–Trinajstić information content (AvgIpc) is 3.10. The molecule has 0 radical (unpaired) electrons. The number of carbonyl (C=O) groups is 1. The van der Waals surface area contributed by atoms with Crippen LogP contribution in [0.2, 0.25) is 0 Å². The number of carbonyl (C=O) groups excluding carboxylic acids is 1. The van der Waals surface area contributed by atoms with Crippen molar-refractivity contribution < 1.29 is 9.53 Å². The SMILES string of the molecule is O=C(OC1CCCCC1)C1(N2C3CCCCC3C3CCCCC32)CCCCC1. The van der Waals surface area contributed by atoms with Gasteiger partial charge >= 0.3 is 5.97 Å². The number of likely N-dealkylation sites (tertiary alicyclic amines) is 1. The van der Waals surface area contributed by atoms with Gasteiger partial charge in [-0.1, -0.05) is 51.4 Å². The van der Waals surface area contributed by atoms with Crippen molar-refractivity contribution in [1.82, 2.24) is 4.90 Å². The molecule has 158 valence electrons. The second kappa shape index (κ2) is 8.28. The predicted molar refractivity (Wildman–Crippen MR) is 112 cm³/mol. The zero-order chi connectivity index (χ0) is 19.0. The van der Waals surface area contributed by atoms with Gasteiger partial charge in [0.2, 0.25) is 0 Å². The van der Waals surface area contributed by atoms with Gasteiger partial charge in [-0.05, 0) is 76.0 Å². The summed E-state index contributed by atoms with van der Waals surface area (Å²) in [5, 5.41) is 0. The Hall–Kier alpha value is -0.570. The third-order valence-electron chi connectivity index (χ3n) is 9.21. The molecule has 3 nitrogen and oxygen atoms in total.